The summed E-state index contributed by atoms with van der Waals surface area (Å²) in [6, 6.07) is 7.28. The minimum absolute atomic E-state index is 0.231. The van der Waals surface area contributed by atoms with E-state index in [2.05, 4.69) is 21.8 Å². The number of aromatic nitrogens is 3. The summed E-state index contributed by atoms with van der Waals surface area (Å²) in [6.45, 7) is 1.01. The number of nitrogen functional groups attached to an aromatic ring is 1. The Morgan fingerprint density at radius 3 is 2.63 bits per heavy atom. The number of ether oxygens (including phenoxy) is 2. The first-order valence-electron chi connectivity index (χ1n) is 9.30. The highest BCUT2D eigenvalue weighted by atomic mass is 16.6. The summed E-state index contributed by atoms with van der Waals surface area (Å²) in [5.74, 6) is 7.09. The fourth-order valence-corrected chi connectivity index (χ4v) is 3.59. The normalized spacial score (nSPS) is 25.8. The summed E-state index contributed by atoms with van der Waals surface area (Å²) in [7, 11) is 1.59. The van der Waals surface area contributed by atoms with Crippen molar-refractivity contribution in [3.05, 3.63) is 47.9 Å². The van der Waals surface area contributed by atoms with Gasteiger partial charge in [-0.3, -0.25) is 0 Å². The van der Waals surface area contributed by atoms with Crippen LogP contribution in [0.25, 0.3) is 11.0 Å². The first-order chi connectivity index (χ1) is 14.4. The molecule has 4 rings (SSSR count). The minimum atomic E-state index is -1.67. The molecule has 3 aromatic rings. The topological polar surface area (TPSA) is 136 Å². The van der Waals surface area contributed by atoms with E-state index in [0.29, 0.717) is 16.6 Å². The molecule has 4 unspecified atom stereocenters. The number of aliphatic hydroxyl groups is 3. The van der Waals surface area contributed by atoms with Crippen molar-refractivity contribution < 1.29 is 24.8 Å². The van der Waals surface area contributed by atoms with Crippen molar-refractivity contribution in [3.63, 3.8) is 0 Å². The number of benzene rings is 1. The van der Waals surface area contributed by atoms with Gasteiger partial charge in [0, 0.05) is 11.8 Å². The van der Waals surface area contributed by atoms with Gasteiger partial charge in [-0.05, 0) is 31.2 Å². The molecule has 0 saturated carbocycles. The third kappa shape index (κ3) is 3.26. The summed E-state index contributed by atoms with van der Waals surface area (Å²) in [5.41, 5.74) is 6.13. The molecule has 0 bridgehead atoms. The molecule has 156 valence electrons. The number of aliphatic hydroxyl groups excluding tert-OH is 2. The zero-order chi connectivity index (χ0) is 21.5. The van der Waals surface area contributed by atoms with Crippen LogP contribution in [0, 0.1) is 11.8 Å². The molecule has 3 heterocycles. The molecule has 1 aromatic carbocycles. The largest absolute Gasteiger partial charge is 0.497 e. The Kier molecular flexibility index (Phi) is 5.09. The predicted molar refractivity (Wildman–Crippen MR) is 109 cm³/mol. The van der Waals surface area contributed by atoms with Crippen molar-refractivity contribution in [3.8, 4) is 17.6 Å². The zero-order valence-electron chi connectivity index (χ0n) is 16.5. The molecule has 0 amide bonds. The summed E-state index contributed by atoms with van der Waals surface area (Å²) >= 11 is 0. The molecule has 1 aliphatic heterocycles. The lowest BCUT2D eigenvalue weighted by Crippen LogP contribution is -2.44. The van der Waals surface area contributed by atoms with Crippen molar-refractivity contribution in [2.24, 2.45) is 0 Å². The average molecular weight is 410 g/mol. The molecule has 9 heteroatoms. The monoisotopic (exact) mass is 410 g/mol. The van der Waals surface area contributed by atoms with Crippen LogP contribution in [-0.2, 0) is 4.74 Å². The number of nitrogens with two attached hydrogens (primary N) is 1. The Balaban J connectivity index is 1.81. The summed E-state index contributed by atoms with van der Waals surface area (Å²) in [5, 5.41) is 31.2. The van der Waals surface area contributed by atoms with Crippen molar-refractivity contribution in [2.75, 3.05) is 19.5 Å². The van der Waals surface area contributed by atoms with Gasteiger partial charge in [0.15, 0.2) is 6.23 Å². The summed E-state index contributed by atoms with van der Waals surface area (Å²) in [4.78, 5) is 8.32. The quantitative estimate of drug-likeness (QED) is 0.456. The van der Waals surface area contributed by atoms with Crippen LogP contribution in [-0.4, -0.2) is 61.4 Å². The van der Waals surface area contributed by atoms with Crippen molar-refractivity contribution >= 4 is 16.9 Å². The SMILES string of the molecule is COc1ccc(C#Cc2cn(C3OC(CO)C(O)C3(C)O)c3ncnc(N)c23)cc1. The molecule has 4 atom stereocenters. The lowest BCUT2D eigenvalue weighted by Gasteiger charge is -2.27. The molecular formula is C21H22N4O5. The van der Waals surface area contributed by atoms with Crippen molar-refractivity contribution in [1.29, 1.82) is 0 Å². The number of anilines is 1. The number of fused-ring (bicyclic) bond motifs is 1. The molecule has 30 heavy (non-hydrogen) atoms. The van der Waals surface area contributed by atoms with Gasteiger partial charge in [0.25, 0.3) is 0 Å². The standard InChI is InChI=1S/C21H22N4O5/c1-21(28)17(27)15(10-26)30-20(21)25-9-13(16-18(22)23-11-24-19(16)25)6-3-12-4-7-14(29-2)8-5-12/h4-5,7-9,11,15,17,20,26-28H,10H2,1-2H3,(H2,22,23,24). The van der Waals surface area contributed by atoms with E-state index in [9.17, 15) is 15.3 Å². The van der Waals surface area contributed by atoms with Gasteiger partial charge in [0.1, 0.15) is 41.4 Å². The van der Waals surface area contributed by atoms with Crippen molar-refractivity contribution in [2.45, 2.75) is 31.0 Å². The maximum Gasteiger partial charge on any atom is 0.167 e. The number of nitrogens with zero attached hydrogens (tertiary/aromatic N) is 3. The Hall–Kier alpha value is -3.16. The molecule has 0 aliphatic carbocycles. The Bertz CT molecular complexity index is 1130. The molecule has 5 N–H and O–H groups in total. The van der Waals surface area contributed by atoms with Gasteiger partial charge in [-0.2, -0.15) is 0 Å². The molecule has 9 nitrogen and oxygen atoms in total. The summed E-state index contributed by atoms with van der Waals surface area (Å²) in [6.07, 6.45) is -0.262. The average Bonchev–Trinajstić information content (AvgIpc) is 3.22. The molecular weight excluding hydrogens is 388 g/mol. The van der Waals surface area contributed by atoms with E-state index in [1.807, 2.05) is 24.3 Å². The van der Waals surface area contributed by atoms with E-state index < -0.39 is 30.6 Å². The minimum Gasteiger partial charge on any atom is -0.497 e. The molecule has 1 aliphatic rings. The van der Waals surface area contributed by atoms with Gasteiger partial charge in [-0.25, -0.2) is 9.97 Å². The highest BCUT2D eigenvalue weighted by Crippen LogP contribution is 2.40. The molecule has 2 aromatic heterocycles. The second kappa shape index (κ2) is 7.59. The predicted octanol–water partition coefficient (Wildman–Crippen LogP) is 0.423. The van der Waals surface area contributed by atoms with Gasteiger partial charge in [-0.15, -0.1) is 0 Å². The van der Waals surface area contributed by atoms with E-state index in [1.165, 1.54) is 13.3 Å². The van der Waals surface area contributed by atoms with E-state index in [-0.39, 0.29) is 5.82 Å². The summed E-state index contributed by atoms with van der Waals surface area (Å²) < 4.78 is 12.4. The van der Waals surface area contributed by atoms with Gasteiger partial charge in [0.2, 0.25) is 0 Å². The first kappa shape index (κ1) is 20.1. The highest BCUT2D eigenvalue weighted by Gasteiger charge is 2.53. The number of rotatable bonds is 3. The number of methoxy groups -OCH3 is 1. The lowest BCUT2D eigenvalue weighted by atomic mass is 9.96. The number of hydrogen-bond donors (Lipinski definition) is 4. The maximum absolute atomic E-state index is 10.8. The molecule has 1 saturated heterocycles. The van der Waals surface area contributed by atoms with Crippen molar-refractivity contribution in [1.82, 2.24) is 14.5 Å². The van der Waals surface area contributed by atoms with Crippen LogP contribution in [0.2, 0.25) is 0 Å². The second-order valence-electron chi connectivity index (χ2n) is 7.27. The van der Waals surface area contributed by atoms with E-state index in [1.54, 1.807) is 17.9 Å². The third-order valence-corrected chi connectivity index (χ3v) is 5.26. The van der Waals surface area contributed by atoms with Crippen LogP contribution in [0.15, 0.2) is 36.8 Å². The fraction of sp³-hybridized carbons (Fsp3) is 0.333. The molecule has 0 spiro atoms. The molecule has 0 radical (unpaired) electrons. The molecule has 1 fully saturated rings. The van der Waals surface area contributed by atoms with Crippen LogP contribution >= 0.6 is 0 Å². The smallest absolute Gasteiger partial charge is 0.167 e. The fourth-order valence-electron chi connectivity index (χ4n) is 3.59. The van der Waals surface area contributed by atoms with Crippen LogP contribution in [0.5, 0.6) is 5.75 Å². The first-order valence-corrected chi connectivity index (χ1v) is 9.30. The Labute approximate surface area is 172 Å². The lowest BCUT2D eigenvalue weighted by molar-refractivity contribution is -0.0948. The van der Waals surface area contributed by atoms with E-state index >= 15 is 0 Å². The van der Waals surface area contributed by atoms with E-state index in [0.717, 1.165) is 11.3 Å². The Morgan fingerprint density at radius 2 is 2.00 bits per heavy atom. The van der Waals surface area contributed by atoms with Crippen LogP contribution in [0.4, 0.5) is 5.82 Å². The van der Waals surface area contributed by atoms with Gasteiger partial charge in [-0.1, -0.05) is 11.8 Å². The van der Waals surface area contributed by atoms with Gasteiger partial charge >= 0.3 is 0 Å². The highest BCUT2D eigenvalue weighted by molar-refractivity contribution is 5.92. The van der Waals surface area contributed by atoms with Crippen LogP contribution in [0.3, 0.4) is 0 Å². The zero-order valence-corrected chi connectivity index (χ0v) is 16.5. The third-order valence-electron chi connectivity index (χ3n) is 5.26. The van der Waals surface area contributed by atoms with Crippen LogP contribution in [0.1, 0.15) is 24.3 Å². The second-order valence-corrected chi connectivity index (χ2v) is 7.27. The maximum atomic E-state index is 10.8. The Morgan fingerprint density at radius 1 is 1.27 bits per heavy atom. The number of hydrogen-bond acceptors (Lipinski definition) is 8. The van der Waals surface area contributed by atoms with Crippen LogP contribution < -0.4 is 10.5 Å². The van der Waals surface area contributed by atoms with Gasteiger partial charge in [0.05, 0.1) is 24.7 Å². The van der Waals surface area contributed by atoms with Gasteiger partial charge < -0.3 is 35.1 Å². The van der Waals surface area contributed by atoms with E-state index in [4.69, 9.17) is 15.2 Å².